The van der Waals surface area contributed by atoms with Gasteiger partial charge in [0.1, 0.15) is 5.82 Å². The molecule has 20 heavy (non-hydrogen) atoms. The van der Waals surface area contributed by atoms with Gasteiger partial charge in [-0.3, -0.25) is 5.10 Å². The molecule has 1 fully saturated rings. The molecule has 1 aliphatic carbocycles. The highest BCUT2D eigenvalue weighted by Crippen LogP contribution is 2.43. The Morgan fingerprint density at radius 1 is 1.30 bits per heavy atom. The summed E-state index contributed by atoms with van der Waals surface area (Å²) in [4.78, 5) is 8.87. The van der Waals surface area contributed by atoms with Crippen molar-refractivity contribution in [3.8, 4) is 11.3 Å². The largest absolute Gasteiger partial charge is 0.316 e. The Balaban J connectivity index is 1.60. The number of thiazole rings is 1. The van der Waals surface area contributed by atoms with Gasteiger partial charge in [-0.1, -0.05) is 6.07 Å². The molecular formula is C14H13N5S. The number of hydrogen-bond donors (Lipinski definition) is 2. The fraction of sp³-hybridized carbons (Fsp3) is 0.214. The molecule has 3 aromatic rings. The SMILES string of the molecule is c1ccc(Nc2nc(-c3cn[nH]c3C3CC3)cs2)nc1. The van der Waals surface area contributed by atoms with E-state index in [1.165, 1.54) is 18.5 Å². The maximum absolute atomic E-state index is 4.63. The molecule has 100 valence electrons. The second kappa shape index (κ2) is 4.72. The fourth-order valence-corrected chi connectivity index (χ4v) is 2.90. The van der Waals surface area contributed by atoms with Crippen LogP contribution in [0.15, 0.2) is 36.0 Å². The highest BCUT2D eigenvalue weighted by atomic mass is 32.1. The van der Waals surface area contributed by atoms with Crippen LogP contribution in [0.4, 0.5) is 10.9 Å². The van der Waals surface area contributed by atoms with Crippen LogP contribution in [0.5, 0.6) is 0 Å². The third-order valence-electron chi connectivity index (χ3n) is 3.33. The molecule has 0 aromatic carbocycles. The molecule has 2 N–H and O–H groups in total. The van der Waals surface area contributed by atoms with Crippen molar-refractivity contribution < 1.29 is 0 Å². The zero-order valence-corrected chi connectivity index (χ0v) is 11.5. The molecule has 0 spiro atoms. The van der Waals surface area contributed by atoms with E-state index >= 15 is 0 Å². The van der Waals surface area contributed by atoms with Gasteiger partial charge in [0.2, 0.25) is 0 Å². The fourth-order valence-electron chi connectivity index (χ4n) is 2.18. The van der Waals surface area contributed by atoms with Crippen LogP contribution in [0.2, 0.25) is 0 Å². The van der Waals surface area contributed by atoms with Crippen molar-refractivity contribution >= 4 is 22.3 Å². The molecule has 3 aromatic heterocycles. The number of rotatable bonds is 4. The topological polar surface area (TPSA) is 66.5 Å². The Labute approximate surface area is 120 Å². The van der Waals surface area contributed by atoms with E-state index in [4.69, 9.17) is 0 Å². The standard InChI is InChI=1S/C14H13N5S/c1-2-6-15-12(3-1)18-14-17-11(8-20-14)10-7-16-19-13(10)9-4-5-9/h1-3,6-9H,4-5H2,(H,16,19)(H,15,17,18). The summed E-state index contributed by atoms with van der Waals surface area (Å²) in [5, 5.41) is 13.4. The molecule has 0 radical (unpaired) electrons. The van der Waals surface area contributed by atoms with Gasteiger partial charge in [-0.25, -0.2) is 9.97 Å². The summed E-state index contributed by atoms with van der Waals surface area (Å²) >= 11 is 1.58. The summed E-state index contributed by atoms with van der Waals surface area (Å²) in [6.07, 6.45) is 6.13. The minimum absolute atomic E-state index is 0.640. The predicted molar refractivity (Wildman–Crippen MR) is 79.2 cm³/mol. The third-order valence-corrected chi connectivity index (χ3v) is 4.09. The van der Waals surface area contributed by atoms with Crippen molar-refractivity contribution in [2.75, 3.05) is 5.32 Å². The monoisotopic (exact) mass is 283 g/mol. The first-order valence-corrected chi connectivity index (χ1v) is 7.45. The van der Waals surface area contributed by atoms with Crippen molar-refractivity contribution in [2.45, 2.75) is 18.8 Å². The number of aromatic nitrogens is 4. The van der Waals surface area contributed by atoms with Crippen LogP contribution in [-0.2, 0) is 0 Å². The summed E-state index contributed by atoms with van der Waals surface area (Å²) in [6, 6.07) is 5.77. The summed E-state index contributed by atoms with van der Waals surface area (Å²) in [5.41, 5.74) is 3.32. The highest BCUT2D eigenvalue weighted by Gasteiger charge is 2.28. The molecule has 6 heteroatoms. The number of hydrogen-bond acceptors (Lipinski definition) is 5. The zero-order chi connectivity index (χ0) is 13.4. The van der Waals surface area contributed by atoms with E-state index < -0.39 is 0 Å². The van der Waals surface area contributed by atoms with E-state index in [1.807, 2.05) is 24.4 Å². The van der Waals surface area contributed by atoms with Crippen molar-refractivity contribution in [1.29, 1.82) is 0 Å². The lowest BCUT2D eigenvalue weighted by Crippen LogP contribution is -1.92. The minimum atomic E-state index is 0.640. The van der Waals surface area contributed by atoms with E-state index in [-0.39, 0.29) is 0 Å². The molecule has 4 rings (SSSR count). The molecular weight excluding hydrogens is 270 g/mol. The lowest BCUT2D eigenvalue weighted by atomic mass is 10.1. The van der Waals surface area contributed by atoms with Crippen LogP contribution in [-0.4, -0.2) is 20.2 Å². The van der Waals surface area contributed by atoms with Gasteiger partial charge in [0.05, 0.1) is 11.9 Å². The Hall–Kier alpha value is -2.21. The predicted octanol–water partition coefficient (Wildman–Crippen LogP) is 3.55. The van der Waals surface area contributed by atoms with Gasteiger partial charge in [-0.15, -0.1) is 11.3 Å². The summed E-state index contributed by atoms with van der Waals surface area (Å²) in [5.74, 6) is 1.45. The van der Waals surface area contributed by atoms with E-state index in [2.05, 4.69) is 30.9 Å². The van der Waals surface area contributed by atoms with Gasteiger partial charge >= 0.3 is 0 Å². The molecule has 1 saturated carbocycles. The number of pyridine rings is 1. The van der Waals surface area contributed by atoms with E-state index in [9.17, 15) is 0 Å². The molecule has 0 bridgehead atoms. The Morgan fingerprint density at radius 3 is 3.05 bits per heavy atom. The lowest BCUT2D eigenvalue weighted by Gasteiger charge is -2.00. The zero-order valence-electron chi connectivity index (χ0n) is 10.7. The number of nitrogens with one attached hydrogen (secondary N) is 2. The second-order valence-electron chi connectivity index (χ2n) is 4.85. The molecule has 0 saturated heterocycles. The van der Waals surface area contributed by atoms with Gasteiger partial charge in [0.25, 0.3) is 0 Å². The van der Waals surface area contributed by atoms with E-state index in [1.54, 1.807) is 17.5 Å². The number of aromatic amines is 1. The number of anilines is 2. The van der Waals surface area contributed by atoms with Crippen molar-refractivity contribution in [3.63, 3.8) is 0 Å². The Morgan fingerprint density at radius 2 is 2.25 bits per heavy atom. The van der Waals surface area contributed by atoms with Gasteiger partial charge in [0.15, 0.2) is 5.13 Å². The van der Waals surface area contributed by atoms with E-state index in [0.717, 1.165) is 22.2 Å². The second-order valence-corrected chi connectivity index (χ2v) is 5.71. The number of nitrogens with zero attached hydrogens (tertiary/aromatic N) is 3. The van der Waals surface area contributed by atoms with Crippen LogP contribution in [0, 0.1) is 0 Å². The molecule has 3 heterocycles. The minimum Gasteiger partial charge on any atom is -0.316 e. The third kappa shape index (κ3) is 2.18. The summed E-state index contributed by atoms with van der Waals surface area (Å²) in [6.45, 7) is 0. The van der Waals surface area contributed by atoms with Crippen LogP contribution in [0.1, 0.15) is 24.5 Å². The Kier molecular flexibility index (Phi) is 2.74. The molecule has 0 atom stereocenters. The van der Waals surface area contributed by atoms with Crippen molar-refractivity contribution in [3.05, 3.63) is 41.7 Å². The summed E-state index contributed by atoms with van der Waals surface area (Å²) < 4.78 is 0. The average Bonchev–Trinajstić information content (AvgIpc) is 3.02. The highest BCUT2D eigenvalue weighted by molar-refractivity contribution is 7.14. The first-order chi connectivity index (χ1) is 9.90. The van der Waals surface area contributed by atoms with Gasteiger partial charge in [-0.2, -0.15) is 5.10 Å². The normalized spacial score (nSPS) is 14.4. The maximum Gasteiger partial charge on any atom is 0.188 e. The van der Waals surface area contributed by atoms with Crippen LogP contribution in [0.3, 0.4) is 0 Å². The Bertz CT molecular complexity index is 714. The molecule has 0 amide bonds. The number of H-pyrrole nitrogens is 1. The van der Waals surface area contributed by atoms with Gasteiger partial charge in [0, 0.05) is 28.8 Å². The molecule has 0 aliphatic heterocycles. The lowest BCUT2D eigenvalue weighted by molar-refractivity contribution is 0.966. The van der Waals surface area contributed by atoms with Crippen LogP contribution < -0.4 is 5.32 Å². The van der Waals surface area contributed by atoms with Crippen molar-refractivity contribution in [2.24, 2.45) is 0 Å². The first-order valence-electron chi connectivity index (χ1n) is 6.57. The smallest absolute Gasteiger partial charge is 0.188 e. The first kappa shape index (κ1) is 11.6. The van der Waals surface area contributed by atoms with Gasteiger partial charge in [-0.05, 0) is 25.0 Å². The molecule has 5 nitrogen and oxygen atoms in total. The molecule has 1 aliphatic rings. The average molecular weight is 283 g/mol. The van der Waals surface area contributed by atoms with Crippen LogP contribution in [0.25, 0.3) is 11.3 Å². The van der Waals surface area contributed by atoms with Gasteiger partial charge < -0.3 is 5.32 Å². The van der Waals surface area contributed by atoms with E-state index in [0.29, 0.717) is 5.92 Å². The maximum atomic E-state index is 4.63. The summed E-state index contributed by atoms with van der Waals surface area (Å²) in [7, 11) is 0. The molecule has 0 unspecified atom stereocenters. The van der Waals surface area contributed by atoms with Crippen molar-refractivity contribution in [1.82, 2.24) is 20.2 Å². The quantitative estimate of drug-likeness (QED) is 0.768. The van der Waals surface area contributed by atoms with Crippen LogP contribution >= 0.6 is 11.3 Å².